The molecule has 4 heteroatoms. The maximum atomic E-state index is 11.8. The number of nitrogens with one attached hydrogen (secondary N) is 1. The van der Waals surface area contributed by atoms with Crippen molar-refractivity contribution in [2.24, 2.45) is 5.92 Å². The fraction of sp³-hybridized carbons (Fsp3) is 0.529. The standard InChI is InChI=1S/C17H24N2O2/c1-12-7-8-16(11-13(12)2)19(14(3)20)10-9-18-17(21)15-5-4-6-15/h7-8,11,15H,4-6,9-10H2,1-3H3,(H,18,21). The summed E-state index contributed by atoms with van der Waals surface area (Å²) in [6.07, 6.45) is 3.15. The Bertz CT molecular complexity index is 536. The van der Waals surface area contributed by atoms with E-state index in [1.807, 2.05) is 25.1 Å². The molecule has 1 N–H and O–H groups in total. The molecule has 0 atom stereocenters. The minimum Gasteiger partial charge on any atom is -0.354 e. The zero-order chi connectivity index (χ0) is 15.4. The summed E-state index contributed by atoms with van der Waals surface area (Å²) in [7, 11) is 0. The number of hydrogen-bond acceptors (Lipinski definition) is 2. The van der Waals surface area contributed by atoms with Crippen molar-refractivity contribution >= 4 is 17.5 Å². The Kier molecular flexibility index (Phi) is 4.99. The highest BCUT2D eigenvalue weighted by Gasteiger charge is 2.24. The van der Waals surface area contributed by atoms with E-state index in [2.05, 4.69) is 12.2 Å². The lowest BCUT2D eigenvalue weighted by molar-refractivity contribution is -0.127. The number of benzene rings is 1. The molecule has 0 spiro atoms. The smallest absolute Gasteiger partial charge is 0.223 e. The quantitative estimate of drug-likeness (QED) is 0.905. The third-order valence-corrected chi connectivity index (χ3v) is 4.29. The normalized spacial score (nSPS) is 14.4. The minimum atomic E-state index is -0.00357. The summed E-state index contributed by atoms with van der Waals surface area (Å²) in [6.45, 7) is 6.66. The zero-order valence-corrected chi connectivity index (χ0v) is 13.1. The number of carbonyl (C=O) groups excluding carboxylic acids is 2. The third-order valence-electron chi connectivity index (χ3n) is 4.29. The Labute approximate surface area is 126 Å². The summed E-state index contributed by atoms with van der Waals surface area (Å²) in [5.74, 6) is 0.318. The van der Waals surface area contributed by atoms with Crippen molar-refractivity contribution in [2.75, 3.05) is 18.0 Å². The first-order chi connectivity index (χ1) is 9.99. The molecule has 1 aliphatic carbocycles. The van der Waals surface area contributed by atoms with E-state index in [0.717, 1.165) is 30.5 Å². The van der Waals surface area contributed by atoms with Gasteiger partial charge in [0.2, 0.25) is 11.8 Å². The van der Waals surface area contributed by atoms with E-state index in [1.165, 1.54) is 5.56 Å². The average Bonchev–Trinajstić information content (AvgIpc) is 2.35. The van der Waals surface area contributed by atoms with Crippen LogP contribution < -0.4 is 10.2 Å². The fourth-order valence-electron chi connectivity index (χ4n) is 2.47. The van der Waals surface area contributed by atoms with Gasteiger partial charge in [0.05, 0.1) is 0 Å². The van der Waals surface area contributed by atoms with Crippen molar-refractivity contribution in [3.8, 4) is 0 Å². The summed E-state index contributed by atoms with van der Waals surface area (Å²) < 4.78 is 0. The Morgan fingerprint density at radius 2 is 1.95 bits per heavy atom. The van der Waals surface area contributed by atoms with Crippen molar-refractivity contribution < 1.29 is 9.59 Å². The molecule has 1 aromatic rings. The Morgan fingerprint density at radius 1 is 1.24 bits per heavy atom. The number of nitrogens with zero attached hydrogens (tertiary/aromatic N) is 1. The second-order valence-corrected chi connectivity index (χ2v) is 5.86. The van der Waals surface area contributed by atoms with Crippen molar-refractivity contribution in [1.29, 1.82) is 0 Å². The van der Waals surface area contributed by atoms with E-state index in [1.54, 1.807) is 11.8 Å². The van der Waals surface area contributed by atoms with Crippen LogP contribution in [0.1, 0.15) is 37.3 Å². The average molecular weight is 288 g/mol. The molecule has 1 aliphatic rings. The van der Waals surface area contributed by atoms with Gasteiger partial charge >= 0.3 is 0 Å². The third kappa shape index (κ3) is 3.84. The van der Waals surface area contributed by atoms with E-state index in [4.69, 9.17) is 0 Å². The van der Waals surface area contributed by atoms with Gasteiger partial charge in [0.15, 0.2) is 0 Å². The zero-order valence-electron chi connectivity index (χ0n) is 13.1. The fourth-order valence-corrected chi connectivity index (χ4v) is 2.47. The first-order valence-electron chi connectivity index (χ1n) is 7.62. The maximum Gasteiger partial charge on any atom is 0.223 e. The Balaban J connectivity index is 1.93. The van der Waals surface area contributed by atoms with E-state index in [0.29, 0.717) is 13.1 Å². The van der Waals surface area contributed by atoms with Crippen LogP contribution in [0.3, 0.4) is 0 Å². The van der Waals surface area contributed by atoms with E-state index in [9.17, 15) is 9.59 Å². The van der Waals surface area contributed by atoms with E-state index >= 15 is 0 Å². The van der Waals surface area contributed by atoms with Crippen LogP contribution in [0.15, 0.2) is 18.2 Å². The molecule has 1 aromatic carbocycles. The van der Waals surface area contributed by atoms with Gasteiger partial charge in [-0.2, -0.15) is 0 Å². The van der Waals surface area contributed by atoms with Crippen molar-refractivity contribution in [1.82, 2.24) is 5.32 Å². The van der Waals surface area contributed by atoms with Crippen LogP contribution in [0, 0.1) is 19.8 Å². The molecule has 2 amide bonds. The topological polar surface area (TPSA) is 49.4 Å². The predicted molar refractivity (Wildman–Crippen MR) is 84.3 cm³/mol. The number of rotatable bonds is 5. The molecular weight excluding hydrogens is 264 g/mol. The van der Waals surface area contributed by atoms with Crippen LogP contribution in [-0.2, 0) is 9.59 Å². The van der Waals surface area contributed by atoms with Gasteiger partial charge in [-0.25, -0.2) is 0 Å². The number of amides is 2. The first kappa shape index (κ1) is 15.5. The first-order valence-corrected chi connectivity index (χ1v) is 7.62. The number of anilines is 1. The van der Waals surface area contributed by atoms with Gasteiger partial charge in [-0.15, -0.1) is 0 Å². The van der Waals surface area contributed by atoms with Gasteiger partial charge < -0.3 is 10.2 Å². The molecule has 0 aliphatic heterocycles. The Morgan fingerprint density at radius 3 is 2.48 bits per heavy atom. The monoisotopic (exact) mass is 288 g/mol. The van der Waals surface area contributed by atoms with Crippen LogP contribution in [0.4, 0.5) is 5.69 Å². The van der Waals surface area contributed by atoms with Gasteiger partial charge in [0.1, 0.15) is 0 Å². The molecule has 1 fully saturated rings. The molecule has 114 valence electrons. The Hall–Kier alpha value is -1.84. The highest BCUT2D eigenvalue weighted by Crippen LogP contribution is 2.26. The summed E-state index contributed by atoms with van der Waals surface area (Å²) >= 11 is 0. The van der Waals surface area contributed by atoms with Gasteiger partial charge in [-0.05, 0) is 49.9 Å². The minimum absolute atomic E-state index is 0.00357. The molecule has 0 aromatic heterocycles. The lowest BCUT2D eigenvalue weighted by atomic mass is 9.85. The molecule has 2 rings (SSSR count). The van der Waals surface area contributed by atoms with Crippen molar-refractivity contribution in [3.05, 3.63) is 29.3 Å². The summed E-state index contributed by atoms with van der Waals surface area (Å²) in [5, 5.41) is 2.93. The molecule has 1 saturated carbocycles. The molecule has 0 bridgehead atoms. The second-order valence-electron chi connectivity index (χ2n) is 5.86. The molecule has 4 nitrogen and oxygen atoms in total. The predicted octanol–water partition coefficient (Wildman–Crippen LogP) is 2.57. The molecule has 21 heavy (non-hydrogen) atoms. The SMILES string of the molecule is CC(=O)N(CCNC(=O)C1CCC1)c1ccc(C)c(C)c1. The summed E-state index contributed by atoms with van der Waals surface area (Å²) in [4.78, 5) is 25.3. The van der Waals surface area contributed by atoms with Crippen LogP contribution in [0.2, 0.25) is 0 Å². The van der Waals surface area contributed by atoms with Gasteiger partial charge in [-0.3, -0.25) is 9.59 Å². The molecule has 0 radical (unpaired) electrons. The highest BCUT2D eigenvalue weighted by atomic mass is 16.2. The summed E-state index contributed by atoms with van der Waals surface area (Å²) in [5.41, 5.74) is 3.27. The van der Waals surface area contributed by atoms with Crippen molar-refractivity contribution in [3.63, 3.8) is 0 Å². The van der Waals surface area contributed by atoms with Gasteiger partial charge in [0.25, 0.3) is 0 Å². The lowest BCUT2D eigenvalue weighted by Crippen LogP contribution is -2.41. The van der Waals surface area contributed by atoms with Gasteiger partial charge in [0, 0.05) is 31.6 Å². The number of hydrogen-bond donors (Lipinski definition) is 1. The van der Waals surface area contributed by atoms with Crippen LogP contribution in [-0.4, -0.2) is 24.9 Å². The number of carbonyl (C=O) groups is 2. The maximum absolute atomic E-state index is 11.8. The molecule has 0 unspecified atom stereocenters. The molecule has 0 saturated heterocycles. The van der Waals surface area contributed by atoms with Crippen molar-refractivity contribution in [2.45, 2.75) is 40.0 Å². The molecular formula is C17H24N2O2. The largest absolute Gasteiger partial charge is 0.354 e. The number of aryl methyl sites for hydroxylation is 2. The lowest BCUT2D eigenvalue weighted by Gasteiger charge is -2.26. The van der Waals surface area contributed by atoms with Gasteiger partial charge in [-0.1, -0.05) is 12.5 Å². The van der Waals surface area contributed by atoms with Crippen LogP contribution in [0.25, 0.3) is 0 Å². The van der Waals surface area contributed by atoms with Crippen LogP contribution in [0.5, 0.6) is 0 Å². The van der Waals surface area contributed by atoms with Crippen LogP contribution >= 0.6 is 0 Å². The second kappa shape index (κ2) is 6.74. The van der Waals surface area contributed by atoms with E-state index < -0.39 is 0 Å². The molecule has 0 heterocycles. The highest BCUT2D eigenvalue weighted by molar-refractivity contribution is 5.91. The van der Waals surface area contributed by atoms with E-state index in [-0.39, 0.29) is 17.7 Å². The summed E-state index contributed by atoms with van der Waals surface area (Å²) in [6, 6.07) is 6.00.